The lowest BCUT2D eigenvalue weighted by atomic mass is 10.3. The van der Waals surface area contributed by atoms with E-state index in [1.54, 1.807) is 0 Å². The van der Waals surface area contributed by atoms with E-state index in [2.05, 4.69) is 0 Å². The largest absolute Gasteiger partial charge is 0.490 e. The lowest BCUT2D eigenvalue weighted by Gasteiger charge is -2.14. The van der Waals surface area contributed by atoms with Crippen LogP contribution in [0.4, 0.5) is 0 Å². The van der Waals surface area contributed by atoms with Crippen LogP contribution in [-0.4, -0.2) is 52.4 Å². The van der Waals surface area contributed by atoms with Crippen molar-refractivity contribution >= 4 is 51.6 Å². The molecule has 0 bridgehead atoms. The van der Waals surface area contributed by atoms with Gasteiger partial charge in [-0.05, 0) is 36.4 Å². The van der Waals surface area contributed by atoms with E-state index in [9.17, 15) is 57.4 Å². The van der Waals surface area contributed by atoms with E-state index < -0.39 is 51.6 Å². The van der Waals surface area contributed by atoms with Crippen LogP contribution < -0.4 is 30.7 Å². The zero-order valence-electron chi connectivity index (χ0n) is 15.7. The summed E-state index contributed by atoms with van der Waals surface area (Å²) in [4.78, 5) is 74.1. The minimum Gasteiger partial charge on any atom is -0.490 e. The first-order valence-corrected chi connectivity index (χ1v) is 14.6. The summed E-state index contributed by atoms with van der Waals surface area (Å²) >= 11 is 0. The maximum absolute atomic E-state index is 11.4. The van der Waals surface area contributed by atoms with Crippen molar-refractivity contribution in [2.75, 3.05) is 13.2 Å². The van der Waals surface area contributed by atoms with Crippen LogP contribution in [0.25, 0.3) is 0 Å². The first-order valence-electron chi connectivity index (χ1n) is 8.17. The van der Waals surface area contributed by atoms with Crippen molar-refractivity contribution in [1.82, 2.24) is 0 Å². The summed E-state index contributed by atoms with van der Waals surface area (Å²) in [6.07, 6.45) is 0. The third-order valence-corrected chi connectivity index (χ3v) is 7.44. The van der Waals surface area contributed by atoms with Crippen LogP contribution in [0.2, 0.25) is 0 Å². The fourth-order valence-electron chi connectivity index (χ4n) is 2.29. The maximum atomic E-state index is 11.4. The molecule has 0 amide bonds. The van der Waals surface area contributed by atoms with Gasteiger partial charge >= 0.3 is 30.4 Å². The molecule has 14 nitrogen and oxygen atoms in total. The van der Waals surface area contributed by atoms with Gasteiger partial charge in [-0.2, -0.15) is 0 Å². The molecule has 0 aliphatic carbocycles. The van der Waals surface area contributed by atoms with Gasteiger partial charge in [-0.3, -0.25) is 18.3 Å². The standard InChI is InChI=1S/C14H18O14P4/c15-29(16,17)11-3-9(4-12(7-11)30(18,19)20)27-1-2-28-10-5-13(31(21,22)23)8-14(6-10)32(24,25)26/h3-8H,1-2H2,(H2,15,16,17)(H2,18,19,20)(H2,21,22,23)(H2,24,25,26). The zero-order chi connectivity index (χ0) is 24.5. The number of hydrogen-bond donors (Lipinski definition) is 8. The van der Waals surface area contributed by atoms with E-state index in [0.717, 1.165) is 24.3 Å². The lowest BCUT2D eigenvalue weighted by Crippen LogP contribution is -2.18. The Balaban J connectivity index is 2.20. The summed E-state index contributed by atoms with van der Waals surface area (Å²) in [5.74, 6) is -0.625. The van der Waals surface area contributed by atoms with Gasteiger partial charge < -0.3 is 48.6 Å². The van der Waals surface area contributed by atoms with Gasteiger partial charge in [0.2, 0.25) is 0 Å². The molecule has 0 unspecified atom stereocenters. The molecule has 8 N–H and O–H groups in total. The van der Waals surface area contributed by atoms with Crippen molar-refractivity contribution in [2.45, 2.75) is 0 Å². The number of ether oxygens (including phenoxy) is 2. The molecule has 2 rings (SSSR count). The van der Waals surface area contributed by atoms with Crippen LogP contribution in [0.3, 0.4) is 0 Å². The minimum absolute atomic E-state index is 0.312. The third-order valence-electron chi connectivity index (χ3n) is 3.72. The molecule has 0 atom stereocenters. The van der Waals surface area contributed by atoms with Crippen molar-refractivity contribution in [1.29, 1.82) is 0 Å². The first kappa shape index (κ1) is 26.9. The Labute approximate surface area is 180 Å². The molecule has 2 aromatic rings. The van der Waals surface area contributed by atoms with Gasteiger partial charge in [-0.1, -0.05) is 0 Å². The van der Waals surface area contributed by atoms with E-state index >= 15 is 0 Å². The van der Waals surface area contributed by atoms with Crippen molar-refractivity contribution in [3.63, 3.8) is 0 Å². The van der Waals surface area contributed by atoms with Gasteiger partial charge in [0, 0.05) is 0 Å². The summed E-state index contributed by atoms with van der Waals surface area (Å²) in [7, 11) is -19.5. The molecule has 0 heterocycles. The average Bonchev–Trinajstić information content (AvgIpc) is 2.62. The Morgan fingerprint density at radius 2 is 0.688 bits per heavy atom. The lowest BCUT2D eigenvalue weighted by molar-refractivity contribution is 0.217. The monoisotopic (exact) mass is 534 g/mol. The number of benzene rings is 2. The second-order valence-electron chi connectivity index (χ2n) is 6.24. The van der Waals surface area contributed by atoms with Gasteiger partial charge in [-0.25, -0.2) is 0 Å². The molecule has 2 aromatic carbocycles. The molecule has 32 heavy (non-hydrogen) atoms. The molecule has 0 spiro atoms. The van der Waals surface area contributed by atoms with E-state index in [0.29, 0.717) is 12.1 Å². The molecule has 0 radical (unpaired) electrons. The molecular formula is C14H18O14P4. The fourth-order valence-corrected chi connectivity index (χ4v) is 4.91. The predicted octanol–water partition coefficient (Wildman–Crippen LogP) is -1.64. The maximum Gasteiger partial charge on any atom is 0.356 e. The Morgan fingerprint density at radius 3 is 0.875 bits per heavy atom. The van der Waals surface area contributed by atoms with Gasteiger partial charge in [0.05, 0.1) is 21.2 Å². The Hall–Kier alpha value is -1.36. The molecule has 0 saturated carbocycles. The second-order valence-corrected chi connectivity index (χ2v) is 12.7. The van der Waals surface area contributed by atoms with Crippen LogP contribution in [0, 0.1) is 0 Å². The van der Waals surface area contributed by atoms with E-state index in [1.165, 1.54) is 0 Å². The minimum atomic E-state index is -4.87. The summed E-state index contributed by atoms with van der Waals surface area (Å²) in [5.41, 5.74) is 0. The molecule has 0 aromatic heterocycles. The normalized spacial score (nSPS) is 13.1. The molecule has 178 valence electrons. The second kappa shape index (κ2) is 9.48. The van der Waals surface area contributed by atoms with Gasteiger partial charge in [0.1, 0.15) is 24.7 Å². The average molecular weight is 534 g/mol. The van der Waals surface area contributed by atoms with Gasteiger partial charge in [0.25, 0.3) is 0 Å². The van der Waals surface area contributed by atoms with Crippen molar-refractivity contribution < 1.29 is 66.9 Å². The number of rotatable bonds is 9. The van der Waals surface area contributed by atoms with Gasteiger partial charge in [0.15, 0.2) is 0 Å². The van der Waals surface area contributed by atoms with Crippen molar-refractivity contribution in [3.05, 3.63) is 36.4 Å². The molecule has 0 fully saturated rings. The fraction of sp³-hybridized carbons (Fsp3) is 0.143. The molecule has 0 aliphatic rings. The van der Waals surface area contributed by atoms with Crippen LogP contribution >= 0.6 is 30.4 Å². The Kier molecular flexibility index (Phi) is 7.97. The highest BCUT2D eigenvalue weighted by molar-refractivity contribution is 7.62. The van der Waals surface area contributed by atoms with Crippen molar-refractivity contribution in [3.8, 4) is 11.5 Å². The SMILES string of the molecule is O=P(O)(O)c1cc(OCCOc2cc(P(=O)(O)O)cc(P(=O)(O)O)c2)cc(P(=O)(O)O)c1. The van der Waals surface area contributed by atoms with Gasteiger partial charge in [-0.15, -0.1) is 0 Å². The molecular weight excluding hydrogens is 516 g/mol. The van der Waals surface area contributed by atoms with Crippen LogP contribution in [0.15, 0.2) is 36.4 Å². The number of hydrogen-bond acceptors (Lipinski definition) is 6. The highest BCUT2D eigenvalue weighted by Crippen LogP contribution is 2.40. The van der Waals surface area contributed by atoms with E-state index in [4.69, 9.17) is 9.47 Å². The predicted molar refractivity (Wildman–Crippen MR) is 111 cm³/mol. The topological polar surface area (TPSA) is 249 Å². The smallest absolute Gasteiger partial charge is 0.356 e. The zero-order valence-corrected chi connectivity index (χ0v) is 19.3. The molecule has 18 heteroatoms. The van der Waals surface area contributed by atoms with Crippen LogP contribution in [0.5, 0.6) is 11.5 Å². The summed E-state index contributed by atoms with van der Waals surface area (Å²) in [5, 5.41) is -2.80. The highest BCUT2D eigenvalue weighted by atomic mass is 31.2. The summed E-state index contributed by atoms with van der Waals surface area (Å²) < 4.78 is 56.1. The van der Waals surface area contributed by atoms with E-state index in [-0.39, 0.29) is 24.7 Å². The highest BCUT2D eigenvalue weighted by Gasteiger charge is 2.26. The third kappa shape index (κ3) is 7.60. The quantitative estimate of drug-likeness (QED) is 0.133. The molecule has 0 saturated heterocycles. The Bertz CT molecular complexity index is 1010. The van der Waals surface area contributed by atoms with Crippen molar-refractivity contribution in [2.24, 2.45) is 0 Å². The molecule has 0 aliphatic heterocycles. The van der Waals surface area contributed by atoms with E-state index in [1.807, 2.05) is 0 Å². The Morgan fingerprint density at radius 1 is 0.469 bits per heavy atom. The van der Waals surface area contributed by atoms with Crippen LogP contribution in [-0.2, 0) is 18.3 Å². The summed E-state index contributed by atoms with van der Waals surface area (Å²) in [6.45, 7) is -0.757. The van der Waals surface area contributed by atoms with Crippen LogP contribution in [0.1, 0.15) is 0 Å². The summed E-state index contributed by atoms with van der Waals surface area (Å²) in [6, 6.07) is 4.73. The first-order chi connectivity index (χ1) is 14.4.